The summed E-state index contributed by atoms with van der Waals surface area (Å²) in [5.74, 6) is 0. The molecule has 2 nitrogen and oxygen atoms in total. The molecule has 1 rings (SSSR count). The molecular weight excluding hydrogens is 100 g/mol. The van der Waals surface area contributed by atoms with Crippen molar-refractivity contribution in [3.05, 3.63) is 11.8 Å². The molecule has 0 radical (unpaired) electrons. The maximum atomic E-state index is 5.35. The summed E-state index contributed by atoms with van der Waals surface area (Å²) in [6.07, 6.45) is 2.84. The molecule has 44 valence electrons. The summed E-state index contributed by atoms with van der Waals surface area (Å²) in [6, 6.07) is 0. The quantitative estimate of drug-likeness (QED) is 0.530. The van der Waals surface area contributed by atoms with Crippen LogP contribution in [0.1, 0.15) is 13.3 Å². The lowest BCUT2D eigenvalue weighted by atomic mass is 10.2. The molecule has 0 atom stereocenters. The van der Waals surface area contributed by atoms with E-state index in [-0.39, 0.29) is 0 Å². The van der Waals surface area contributed by atoms with E-state index in [1.165, 1.54) is 11.3 Å². The molecule has 0 spiro atoms. The molecular formula is C6H10N2. The normalized spacial score (nSPS) is 18.2. The van der Waals surface area contributed by atoms with Gasteiger partial charge in [0.2, 0.25) is 0 Å². The number of aliphatic imine (C=N–C) groups is 1. The number of hydrogen-bond donors (Lipinski definition) is 1. The smallest absolute Gasteiger partial charge is 0.0275 e. The van der Waals surface area contributed by atoms with Crippen molar-refractivity contribution in [3.63, 3.8) is 0 Å². The molecule has 0 fully saturated rings. The monoisotopic (exact) mass is 110 g/mol. The minimum Gasteiger partial charge on any atom is -0.327 e. The van der Waals surface area contributed by atoms with Crippen molar-refractivity contribution in [2.24, 2.45) is 10.7 Å². The van der Waals surface area contributed by atoms with Gasteiger partial charge >= 0.3 is 0 Å². The zero-order valence-electron chi connectivity index (χ0n) is 5.02. The second kappa shape index (κ2) is 2.09. The Morgan fingerprint density at radius 3 is 2.88 bits per heavy atom. The molecule has 2 heteroatoms. The van der Waals surface area contributed by atoms with Crippen LogP contribution in [0, 0.1) is 0 Å². The first-order valence-electron chi connectivity index (χ1n) is 2.74. The molecule has 0 unspecified atom stereocenters. The Kier molecular flexibility index (Phi) is 1.44. The molecule has 8 heavy (non-hydrogen) atoms. The summed E-state index contributed by atoms with van der Waals surface area (Å²) in [5.41, 5.74) is 7.76. The van der Waals surface area contributed by atoms with Gasteiger partial charge in [0.05, 0.1) is 0 Å². The molecule has 0 saturated carbocycles. The molecule has 1 heterocycles. The molecule has 1 aliphatic heterocycles. The lowest BCUT2D eigenvalue weighted by Crippen LogP contribution is -2.02. The Hall–Kier alpha value is -0.630. The van der Waals surface area contributed by atoms with Gasteiger partial charge in [0, 0.05) is 24.9 Å². The summed E-state index contributed by atoms with van der Waals surface area (Å²) in [6.45, 7) is 2.67. The summed E-state index contributed by atoms with van der Waals surface area (Å²) >= 11 is 0. The minimum atomic E-state index is 0.654. The Morgan fingerprint density at radius 2 is 2.62 bits per heavy atom. The third-order valence-electron chi connectivity index (χ3n) is 1.21. The SMILES string of the molecule is CC1=NC=C(CN)C1. The molecule has 0 aromatic carbocycles. The van der Waals surface area contributed by atoms with Gasteiger partial charge in [-0.05, 0) is 12.5 Å². The van der Waals surface area contributed by atoms with Crippen molar-refractivity contribution in [3.8, 4) is 0 Å². The fourth-order valence-electron chi connectivity index (χ4n) is 0.746. The molecule has 0 saturated heterocycles. The van der Waals surface area contributed by atoms with Crippen LogP contribution in [0.4, 0.5) is 0 Å². The predicted molar refractivity (Wildman–Crippen MR) is 34.9 cm³/mol. The van der Waals surface area contributed by atoms with Crippen LogP contribution in [0.2, 0.25) is 0 Å². The molecule has 1 aliphatic rings. The standard InChI is InChI=1S/C6H10N2/c1-5-2-6(3-7)4-8-5/h4H,2-3,7H2,1H3. The van der Waals surface area contributed by atoms with E-state index in [0.717, 1.165) is 6.42 Å². The highest BCUT2D eigenvalue weighted by atomic mass is 14.7. The first kappa shape index (κ1) is 5.51. The van der Waals surface area contributed by atoms with Gasteiger partial charge in [-0.25, -0.2) is 0 Å². The minimum absolute atomic E-state index is 0.654. The highest BCUT2D eigenvalue weighted by Gasteiger charge is 2.01. The van der Waals surface area contributed by atoms with Gasteiger partial charge in [0.1, 0.15) is 0 Å². The fourth-order valence-corrected chi connectivity index (χ4v) is 0.746. The van der Waals surface area contributed by atoms with Gasteiger partial charge in [0.15, 0.2) is 0 Å². The van der Waals surface area contributed by atoms with E-state index >= 15 is 0 Å². The van der Waals surface area contributed by atoms with E-state index in [2.05, 4.69) is 4.99 Å². The van der Waals surface area contributed by atoms with Crippen LogP contribution in [-0.2, 0) is 0 Å². The fraction of sp³-hybridized carbons (Fsp3) is 0.500. The van der Waals surface area contributed by atoms with Gasteiger partial charge in [0.25, 0.3) is 0 Å². The summed E-state index contributed by atoms with van der Waals surface area (Å²) in [4.78, 5) is 4.06. The maximum Gasteiger partial charge on any atom is 0.0275 e. The Bertz CT molecular complexity index is 145. The number of hydrogen-bond acceptors (Lipinski definition) is 2. The summed E-state index contributed by atoms with van der Waals surface area (Å²) in [5, 5.41) is 0. The van der Waals surface area contributed by atoms with Gasteiger partial charge in [-0.1, -0.05) is 0 Å². The molecule has 2 N–H and O–H groups in total. The summed E-state index contributed by atoms with van der Waals surface area (Å²) in [7, 11) is 0. The highest BCUT2D eigenvalue weighted by Crippen LogP contribution is 2.08. The topological polar surface area (TPSA) is 38.4 Å². The predicted octanol–water partition coefficient (Wildman–Crippen LogP) is 0.694. The third kappa shape index (κ3) is 0.954. The average molecular weight is 110 g/mol. The Balaban J connectivity index is 2.49. The van der Waals surface area contributed by atoms with Crippen LogP contribution in [0.5, 0.6) is 0 Å². The van der Waals surface area contributed by atoms with Crippen LogP contribution in [0.15, 0.2) is 16.8 Å². The highest BCUT2D eigenvalue weighted by molar-refractivity contribution is 5.86. The molecule has 0 bridgehead atoms. The maximum absolute atomic E-state index is 5.35. The Morgan fingerprint density at radius 1 is 1.88 bits per heavy atom. The van der Waals surface area contributed by atoms with E-state index in [1.807, 2.05) is 13.1 Å². The number of rotatable bonds is 1. The molecule has 0 aromatic rings. The van der Waals surface area contributed by atoms with E-state index in [0.29, 0.717) is 6.54 Å². The van der Waals surface area contributed by atoms with Crippen molar-refractivity contribution < 1.29 is 0 Å². The largest absolute Gasteiger partial charge is 0.327 e. The van der Waals surface area contributed by atoms with Gasteiger partial charge in [-0.2, -0.15) is 0 Å². The second-order valence-corrected chi connectivity index (χ2v) is 2.03. The van der Waals surface area contributed by atoms with Gasteiger partial charge in [-0.15, -0.1) is 0 Å². The van der Waals surface area contributed by atoms with Gasteiger partial charge in [-0.3, -0.25) is 4.99 Å². The van der Waals surface area contributed by atoms with Crippen molar-refractivity contribution >= 4 is 5.71 Å². The van der Waals surface area contributed by atoms with Crippen LogP contribution in [0.25, 0.3) is 0 Å². The number of nitrogens with two attached hydrogens (primary N) is 1. The molecule has 0 amide bonds. The summed E-state index contributed by atoms with van der Waals surface area (Å²) < 4.78 is 0. The average Bonchev–Trinajstić information content (AvgIpc) is 2.14. The lowest BCUT2D eigenvalue weighted by Gasteiger charge is -1.91. The first-order valence-corrected chi connectivity index (χ1v) is 2.74. The van der Waals surface area contributed by atoms with E-state index in [4.69, 9.17) is 5.73 Å². The molecule has 0 aromatic heterocycles. The van der Waals surface area contributed by atoms with E-state index < -0.39 is 0 Å². The Labute approximate surface area is 49.1 Å². The zero-order valence-corrected chi connectivity index (χ0v) is 5.02. The van der Waals surface area contributed by atoms with Crippen molar-refractivity contribution in [1.82, 2.24) is 0 Å². The van der Waals surface area contributed by atoms with Crippen LogP contribution < -0.4 is 5.73 Å². The third-order valence-corrected chi connectivity index (χ3v) is 1.21. The second-order valence-electron chi connectivity index (χ2n) is 2.03. The first-order chi connectivity index (χ1) is 3.83. The zero-order chi connectivity index (χ0) is 5.98. The van der Waals surface area contributed by atoms with Crippen molar-refractivity contribution in [1.29, 1.82) is 0 Å². The lowest BCUT2D eigenvalue weighted by molar-refractivity contribution is 1.10. The van der Waals surface area contributed by atoms with Gasteiger partial charge < -0.3 is 5.73 Å². The van der Waals surface area contributed by atoms with Crippen molar-refractivity contribution in [2.45, 2.75) is 13.3 Å². The van der Waals surface area contributed by atoms with Crippen LogP contribution in [-0.4, -0.2) is 12.3 Å². The van der Waals surface area contributed by atoms with Crippen LogP contribution >= 0.6 is 0 Å². The van der Waals surface area contributed by atoms with E-state index in [9.17, 15) is 0 Å². The van der Waals surface area contributed by atoms with Crippen LogP contribution in [0.3, 0.4) is 0 Å². The number of nitrogens with zero attached hydrogens (tertiary/aromatic N) is 1. The molecule has 0 aliphatic carbocycles. The van der Waals surface area contributed by atoms with Crippen molar-refractivity contribution in [2.75, 3.05) is 6.54 Å². The van der Waals surface area contributed by atoms with E-state index in [1.54, 1.807) is 0 Å².